The Morgan fingerprint density at radius 2 is 1.87 bits per heavy atom. The molecule has 1 aliphatic heterocycles. The molecular formula is C23H42IN5O. The summed E-state index contributed by atoms with van der Waals surface area (Å²) in [4.78, 5) is 9.35. The molecule has 1 aromatic carbocycles. The van der Waals surface area contributed by atoms with Crippen LogP contribution in [0.2, 0.25) is 0 Å². The molecule has 1 saturated heterocycles. The second-order valence-corrected chi connectivity index (χ2v) is 8.46. The summed E-state index contributed by atoms with van der Waals surface area (Å²) in [5, 5.41) is 6.92. The molecule has 0 radical (unpaired) electrons. The van der Waals surface area contributed by atoms with Crippen molar-refractivity contribution in [1.29, 1.82) is 0 Å². The average Bonchev–Trinajstić information content (AvgIpc) is 2.71. The minimum absolute atomic E-state index is 0. The maximum Gasteiger partial charge on any atom is 0.191 e. The van der Waals surface area contributed by atoms with Gasteiger partial charge in [-0.15, -0.1) is 24.0 Å². The molecule has 1 fully saturated rings. The Hall–Kier alpha value is -1.06. The molecule has 1 aromatic rings. The first-order valence-corrected chi connectivity index (χ1v) is 11.0. The Bertz CT molecular complexity index is 646. The number of piperazine rings is 1. The number of halogens is 1. The maximum absolute atomic E-state index is 6.12. The maximum atomic E-state index is 6.12. The van der Waals surface area contributed by atoms with Crippen molar-refractivity contribution in [1.82, 2.24) is 20.4 Å². The van der Waals surface area contributed by atoms with Crippen molar-refractivity contribution in [3.05, 3.63) is 29.3 Å². The Morgan fingerprint density at radius 3 is 2.50 bits per heavy atom. The van der Waals surface area contributed by atoms with Gasteiger partial charge in [0.2, 0.25) is 0 Å². The predicted octanol–water partition coefficient (Wildman–Crippen LogP) is 3.34. The van der Waals surface area contributed by atoms with Gasteiger partial charge in [0.15, 0.2) is 5.96 Å². The number of hydrogen-bond acceptors (Lipinski definition) is 4. The highest BCUT2D eigenvalue weighted by Gasteiger charge is 2.16. The number of ether oxygens (including phenoxy) is 1. The number of aryl methyl sites for hydroxylation is 1. The molecule has 1 heterocycles. The van der Waals surface area contributed by atoms with Crippen LogP contribution in [0.5, 0.6) is 5.75 Å². The van der Waals surface area contributed by atoms with E-state index >= 15 is 0 Å². The summed E-state index contributed by atoms with van der Waals surface area (Å²) in [6, 6.07) is 6.40. The minimum atomic E-state index is 0. The Labute approximate surface area is 200 Å². The molecule has 2 N–H and O–H groups in total. The third-order valence-corrected chi connectivity index (χ3v) is 5.58. The number of likely N-dealkylation sites (N-methyl/N-ethyl adjacent to an activating group) is 1. The van der Waals surface area contributed by atoms with Crippen molar-refractivity contribution in [3.8, 4) is 5.75 Å². The Morgan fingerprint density at radius 1 is 1.17 bits per heavy atom. The van der Waals surface area contributed by atoms with Crippen molar-refractivity contribution in [3.63, 3.8) is 0 Å². The molecular weight excluding hydrogens is 489 g/mol. The van der Waals surface area contributed by atoms with E-state index in [-0.39, 0.29) is 30.1 Å². The van der Waals surface area contributed by atoms with Crippen molar-refractivity contribution in [2.45, 2.75) is 46.8 Å². The third kappa shape index (κ3) is 9.39. The van der Waals surface area contributed by atoms with Gasteiger partial charge in [0.05, 0.1) is 6.10 Å². The summed E-state index contributed by atoms with van der Waals surface area (Å²) < 4.78 is 6.12. The fraction of sp³-hybridized carbons (Fsp3) is 0.696. The molecule has 0 aromatic heterocycles. The molecule has 0 spiro atoms. The van der Waals surface area contributed by atoms with Crippen molar-refractivity contribution >= 4 is 29.9 Å². The van der Waals surface area contributed by atoms with Crippen molar-refractivity contribution in [2.75, 3.05) is 53.4 Å². The van der Waals surface area contributed by atoms with Gasteiger partial charge in [-0.05, 0) is 44.9 Å². The van der Waals surface area contributed by atoms with Gasteiger partial charge in [0.25, 0.3) is 0 Å². The van der Waals surface area contributed by atoms with Crippen molar-refractivity contribution in [2.24, 2.45) is 10.9 Å². The molecule has 0 aliphatic carbocycles. The molecule has 0 saturated carbocycles. The first-order chi connectivity index (χ1) is 13.9. The number of benzene rings is 1. The lowest BCUT2D eigenvalue weighted by Crippen LogP contribution is -2.47. The monoisotopic (exact) mass is 531 g/mol. The van der Waals surface area contributed by atoms with Gasteiger partial charge in [-0.2, -0.15) is 0 Å². The first-order valence-electron chi connectivity index (χ1n) is 11.0. The van der Waals surface area contributed by atoms with E-state index in [9.17, 15) is 0 Å². The molecule has 2 atom stereocenters. The summed E-state index contributed by atoms with van der Waals surface area (Å²) in [6.45, 7) is 16.1. The van der Waals surface area contributed by atoms with Gasteiger partial charge >= 0.3 is 0 Å². The number of rotatable bonds is 9. The summed E-state index contributed by atoms with van der Waals surface area (Å²) in [7, 11) is 4.03. The summed E-state index contributed by atoms with van der Waals surface area (Å²) in [5.74, 6) is 2.37. The second kappa shape index (κ2) is 14.1. The highest BCUT2D eigenvalue weighted by atomic mass is 127. The minimum Gasteiger partial charge on any atom is -0.490 e. The van der Waals surface area contributed by atoms with E-state index in [0.29, 0.717) is 12.5 Å². The highest BCUT2D eigenvalue weighted by molar-refractivity contribution is 14.0. The summed E-state index contributed by atoms with van der Waals surface area (Å²) in [5.41, 5.74) is 2.37. The van der Waals surface area contributed by atoms with Crippen LogP contribution in [0.15, 0.2) is 23.2 Å². The van der Waals surface area contributed by atoms with Gasteiger partial charge in [0, 0.05) is 58.4 Å². The van der Waals surface area contributed by atoms with Crippen LogP contribution in [0.4, 0.5) is 0 Å². The lowest BCUT2D eigenvalue weighted by atomic mass is 10.1. The SMILES string of the molecule is CCC(C)Oc1cc(C)ccc1CNC(=NC)NCC(C)CN1CCN(C)CC1.I. The largest absolute Gasteiger partial charge is 0.490 e. The second-order valence-electron chi connectivity index (χ2n) is 8.46. The number of aliphatic imine (C=N–C) groups is 1. The van der Waals surface area contributed by atoms with Crippen LogP contribution in [-0.2, 0) is 6.54 Å². The predicted molar refractivity (Wildman–Crippen MR) is 138 cm³/mol. The fourth-order valence-corrected chi connectivity index (χ4v) is 3.42. The lowest BCUT2D eigenvalue weighted by Gasteiger charge is -2.34. The molecule has 2 rings (SSSR count). The van der Waals surface area contributed by atoms with Crippen LogP contribution in [0.1, 0.15) is 38.3 Å². The lowest BCUT2D eigenvalue weighted by molar-refractivity contribution is 0.139. The third-order valence-electron chi connectivity index (χ3n) is 5.58. The topological polar surface area (TPSA) is 52.1 Å². The standard InChI is InChI=1S/C23H41N5O.HI/c1-7-20(4)29-22-14-18(2)8-9-21(22)16-26-23(24-5)25-15-19(3)17-28-12-10-27(6)11-13-28;/h8-9,14,19-20H,7,10-13,15-17H2,1-6H3,(H2,24,25,26);1H. The highest BCUT2D eigenvalue weighted by Crippen LogP contribution is 2.22. The van der Waals surface area contributed by atoms with Crippen LogP contribution in [0.3, 0.4) is 0 Å². The molecule has 7 heteroatoms. The van der Waals surface area contributed by atoms with Crippen LogP contribution >= 0.6 is 24.0 Å². The Kier molecular flexibility index (Phi) is 12.7. The van der Waals surface area contributed by atoms with Gasteiger partial charge in [-0.3, -0.25) is 4.99 Å². The van der Waals surface area contributed by atoms with Gasteiger partial charge < -0.3 is 25.2 Å². The van der Waals surface area contributed by atoms with Crippen LogP contribution in [-0.4, -0.2) is 75.2 Å². The molecule has 1 aliphatic rings. The normalized spacial score (nSPS) is 17.7. The molecule has 30 heavy (non-hydrogen) atoms. The molecule has 0 bridgehead atoms. The first kappa shape index (κ1) is 27.0. The zero-order valence-corrected chi connectivity index (χ0v) is 22.0. The smallest absolute Gasteiger partial charge is 0.191 e. The number of guanidine groups is 1. The zero-order chi connectivity index (χ0) is 21.2. The molecule has 6 nitrogen and oxygen atoms in total. The quantitative estimate of drug-likeness (QED) is 0.291. The van der Waals surface area contributed by atoms with E-state index in [1.165, 1.54) is 31.7 Å². The van der Waals surface area contributed by atoms with Gasteiger partial charge in [0.1, 0.15) is 5.75 Å². The zero-order valence-electron chi connectivity index (χ0n) is 19.7. The van der Waals surface area contributed by atoms with E-state index < -0.39 is 0 Å². The van der Waals surface area contributed by atoms with Gasteiger partial charge in [-0.25, -0.2) is 0 Å². The number of hydrogen-bond donors (Lipinski definition) is 2. The average molecular weight is 532 g/mol. The van der Waals surface area contributed by atoms with E-state index in [0.717, 1.165) is 36.8 Å². The van der Waals surface area contributed by atoms with E-state index in [1.54, 1.807) is 0 Å². The summed E-state index contributed by atoms with van der Waals surface area (Å²) in [6.07, 6.45) is 1.21. The molecule has 2 unspecified atom stereocenters. The van der Waals surface area contributed by atoms with E-state index in [1.807, 2.05) is 7.05 Å². The molecule has 172 valence electrons. The number of nitrogens with zero attached hydrogens (tertiary/aromatic N) is 3. The van der Waals surface area contributed by atoms with Crippen LogP contribution in [0.25, 0.3) is 0 Å². The van der Waals surface area contributed by atoms with Gasteiger partial charge in [-0.1, -0.05) is 26.0 Å². The van der Waals surface area contributed by atoms with Crippen LogP contribution in [0, 0.1) is 12.8 Å². The van der Waals surface area contributed by atoms with Crippen LogP contribution < -0.4 is 15.4 Å². The van der Waals surface area contributed by atoms with E-state index in [4.69, 9.17) is 4.74 Å². The number of nitrogens with one attached hydrogen (secondary N) is 2. The molecule has 0 amide bonds. The fourth-order valence-electron chi connectivity index (χ4n) is 3.42. The van der Waals surface area contributed by atoms with Crippen molar-refractivity contribution < 1.29 is 4.74 Å². The van der Waals surface area contributed by atoms with E-state index in [2.05, 4.69) is 78.4 Å². The summed E-state index contributed by atoms with van der Waals surface area (Å²) >= 11 is 0. The Balaban J connectivity index is 0.00000450.